The maximum absolute atomic E-state index is 10.9. The molecule has 0 aromatic heterocycles. The smallest absolute Gasteiger partial charge is 0.221 e. The fourth-order valence-corrected chi connectivity index (χ4v) is 1.53. The van der Waals surface area contributed by atoms with Crippen molar-refractivity contribution in [2.75, 3.05) is 11.9 Å². The summed E-state index contributed by atoms with van der Waals surface area (Å²) < 4.78 is 0. The average Bonchev–Trinajstić information content (AvgIpc) is 2.28. The Balaban J connectivity index is 2.84. The summed E-state index contributed by atoms with van der Waals surface area (Å²) in [5, 5.41) is 12.0. The van der Waals surface area contributed by atoms with Gasteiger partial charge in [0.15, 0.2) is 0 Å². The third-order valence-corrected chi connectivity index (χ3v) is 2.84. The summed E-state index contributed by atoms with van der Waals surface area (Å²) in [7, 11) is 0. The third kappa shape index (κ3) is 3.54. The van der Waals surface area contributed by atoms with Gasteiger partial charge >= 0.3 is 0 Å². The summed E-state index contributed by atoms with van der Waals surface area (Å²) in [6.07, 6.45) is 0. The Morgan fingerprint density at radius 1 is 1.41 bits per heavy atom. The van der Waals surface area contributed by atoms with Crippen LogP contribution in [0.15, 0.2) is 24.3 Å². The monoisotopic (exact) mass is 236 g/mol. The molecule has 0 saturated carbocycles. The molecule has 1 atom stereocenters. The van der Waals surface area contributed by atoms with E-state index in [4.69, 9.17) is 5.73 Å². The molecular weight excluding hydrogens is 216 g/mol. The highest BCUT2D eigenvalue weighted by Crippen LogP contribution is 2.30. The molecule has 0 aliphatic rings. The molecule has 1 rings (SSSR count). The average molecular weight is 236 g/mol. The molecule has 0 saturated heterocycles. The van der Waals surface area contributed by atoms with E-state index in [2.05, 4.69) is 5.32 Å². The number of amides is 1. The van der Waals surface area contributed by atoms with Crippen LogP contribution >= 0.6 is 0 Å². The minimum atomic E-state index is -0.366. The zero-order chi connectivity index (χ0) is 13.1. The molecule has 0 heterocycles. The van der Waals surface area contributed by atoms with Gasteiger partial charge in [-0.2, -0.15) is 0 Å². The van der Waals surface area contributed by atoms with Crippen LogP contribution in [0.3, 0.4) is 0 Å². The van der Waals surface area contributed by atoms with Crippen molar-refractivity contribution in [1.82, 2.24) is 0 Å². The SMILES string of the molecule is CC(=O)Nc1ccc([C@H](N)C(C)(C)CO)cc1. The van der Waals surface area contributed by atoms with Crippen LogP contribution in [-0.2, 0) is 4.79 Å². The lowest BCUT2D eigenvalue weighted by Crippen LogP contribution is -2.32. The van der Waals surface area contributed by atoms with Crippen molar-refractivity contribution in [2.24, 2.45) is 11.1 Å². The van der Waals surface area contributed by atoms with Crippen LogP contribution in [0.4, 0.5) is 5.69 Å². The number of aliphatic hydroxyl groups excluding tert-OH is 1. The van der Waals surface area contributed by atoms with Crippen molar-refractivity contribution in [1.29, 1.82) is 0 Å². The highest BCUT2D eigenvalue weighted by molar-refractivity contribution is 5.88. The Hall–Kier alpha value is -1.39. The molecule has 0 aliphatic heterocycles. The fraction of sp³-hybridized carbons (Fsp3) is 0.462. The molecule has 17 heavy (non-hydrogen) atoms. The van der Waals surface area contributed by atoms with Crippen LogP contribution in [0.1, 0.15) is 32.4 Å². The second-order valence-electron chi connectivity index (χ2n) is 4.93. The molecule has 0 unspecified atom stereocenters. The van der Waals surface area contributed by atoms with Gasteiger partial charge in [-0.3, -0.25) is 4.79 Å². The van der Waals surface area contributed by atoms with Crippen LogP contribution < -0.4 is 11.1 Å². The number of carbonyl (C=O) groups excluding carboxylic acids is 1. The van der Waals surface area contributed by atoms with E-state index in [1.807, 2.05) is 38.1 Å². The highest BCUT2D eigenvalue weighted by atomic mass is 16.3. The summed E-state index contributed by atoms with van der Waals surface area (Å²) in [6, 6.07) is 7.12. The van der Waals surface area contributed by atoms with Crippen molar-refractivity contribution >= 4 is 11.6 Å². The molecule has 4 heteroatoms. The fourth-order valence-electron chi connectivity index (χ4n) is 1.53. The van der Waals surface area contributed by atoms with Gasteiger partial charge in [-0.25, -0.2) is 0 Å². The molecule has 4 nitrogen and oxygen atoms in total. The predicted octanol–water partition coefficient (Wildman–Crippen LogP) is 1.66. The van der Waals surface area contributed by atoms with Gasteiger partial charge < -0.3 is 16.2 Å². The van der Waals surface area contributed by atoms with E-state index in [1.165, 1.54) is 6.92 Å². The number of anilines is 1. The van der Waals surface area contributed by atoms with Gasteiger partial charge in [0.1, 0.15) is 0 Å². The Morgan fingerprint density at radius 3 is 2.35 bits per heavy atom. The summed E-state index contributed by atoms with van der Waals surface area (Å²) in [5.41, 5.74) is 7.41. The molecule has 1 amide bonds. The van der Waals surface area contributed by atoms with Gasteiger partial charge in [0.25, 0.3) is 0 Å². The van der Waals surface area contributed by atoms with Gasteiger partial charge in [-0.1, -0.05) is 26.0 Å². The summed E-state index contributed by atoms with van der Waals surface area (Å²) in [4.78, 5) is 10.9. The summed E-state index contributed by atoms with van der Waals surface area (Å²) in [5.74, 6) is -0.0993. The van der Waals surface area contributed by atoms with Crippen LogP contribution in [0.2, 0.25) is 0 Å². The molecule has 0 spiro atoms. The minimum absolute atomic E-state index is 0.0294. The largest absolute Gasteiger partial charge is 0.396 e. The summed E-state index contributed by atoms with van der Waals surface area (Å²) in [6.45, 7) is 5.33. The molecule has 1 aromatic carbocycles. The van der Waals surface area contributed by atoms with E-state index in [0.29, 0.717) is 0 Å². The number of hydrogen-bond donors (Lipinski definition) is 3. The zero-order valence-electron chi connectivity index (χ0n) is 10.5. The standard InChI is InChI=1S/C13H20N2O2/c1-9(17)15-11-6-4-10(5-7-11)12(14)13(2,3)8-16/h4-7,12,16H,8,14H2,1-3H3,(H,15,17)/t12-/m0/s1. The molecular formula is C13H20N2O2. The molecule has 4 N–H and O–H groups in total. The van der Waals surface area contributed by atoms with Gasteiger partial charge in [0.2, 0.25) is 5.91 Å². The molecule has 0 aliphatic carbocycles. The topological polar surface area (TPSA) is 75.4 Å². The number of aliphatic hydroxyl groups is 1. The van der Waals surface area contributed by atoms with E-state index < -0.39 is 0 Å². The minimum Gasteiger partial charge on any atom is -0.396 e. The first-order chi connectivity index (χ1) is 7.86. The maximum Gasteiger partial charge on any atom is 0.221 e. The Kier molecular flexibility index (Phi) is 4.26. The van der Waals surface area contributed by atoms with Gasteiger partial charge in [0, 0.05) is 30.7 Å². The number of rotatable bonds is 4. The highest BCUT2D eigenvalue weighted by Gasteiger charge is 2.26. The van der Waals surface area contributed by atoms with E-state index in [-0.39, 0.29) is 24.0 Å². The van der Waals surface area contributed by atoms with E-state index in [0.717, 1.165) is 11.3 Å². The molecule has 0 fully saturated rings. The quantitative estimate of drug-likeness (QED) is 0.744. The Morgan fingerprint density at radius 2 is 1.94 bits per heavy atom. The van der Waals surface area contributed by atoms with Gasteiger partial charge in [-0.05, 0) is 17.7 Å². The number of benzene rings is 1. The number of hydrogen-bond acceptors (Lipinski definition) is 3. The van der Waals surface area contributed by atoms with Crippen molar-refractivity contribution in [2.45, 2.75) is 26.8 Å². The number of nitrogens with two attached hydrogens (primary N) is 1. The van der Waals surface area contributed by atoms with Crippen molar-refractivity contribution in [3.63, 3.8) is 0 Å². The van der Waals surface area contributed by atoms with Crippen LogP contribution in [0, 0.1) is 5.41 Å². The molecule has 0 bridgehead atoms. The lowest BCUT2D eigenvalue weighted by molar-refractivity contribution is -0.114. The van der Waals surface area contributed by atoms with Crippen molar-refractivity contribution in [3.05, 3.63) is 29.8 Å². The first-order valence-corrected chi connectivity index (χ1v) is 5.61. The Bertz CT molecular complexity index is 385. The molecule has 1 aromatic rings. The second kappa shape index (κ2) is 5.29. The maximum atomic E-state index is 10.9. The van der Waals surface area contributed by atoms with E-state index in [1.54, 1.807) is 0 Å². The Labute approximate surface area is 102 Å². The predicted molar refractivity (Wildman–Crippen MR) is 68.5 cm³/mol. The lowest BCUT2D eigenvalue weighted by Gasteiger charge is -2.29. The normalized spacial score (nSPS) is 13.2. The number of carbonyl (C=O) groups is 1. The molecule has 94 valence electrons. The van der Waals surface area contributed by atoms with E-state index in [9.17, 15) is 9.90 Å². The second-order valence-corrected chi connectivity index (χ2v) is 4.93. The summed E-state index contributed by atoms with van der Waals surface area (Å²) >= 11 is 0. The third-order valence-electron chi connectivity index (χ3n) is 2.84. The first kappa shape index (κ1) is 13.7. The van der Waals surface area contributed by atoms with Crippen LogP contribution in [0.5, 0.6) is 0 Å². The van der Waals surface area contributed by atoms with E-state index >= 15 is 0 Å². The lowest BCUT2D eigenvalue weighted by atomic mass is 9.82. The van der Waals surface area contributed by atoms with Crippen molar-refractivity contribution in [3.8, 4) is 0 Å². The number of nitrogens with one attached hydrogen (secondary N) is 1. The van der Waals surface area contributed by atoms with Crippen LogP contribution in [0.25, 0.3) is 0 Å². The first-order valence-electron chi connectivity index (χ1n) is 5.61. The van der Waals surface area contributed by atoms with Crippen LogP contribution in [-0.4, -0.2) is 17.6 Å². The van der Waals surface area contributed by atoms with Crippen molar-refractivity contribution < 1.29 is 9.90 Å². The van der Waals surface area contributed by atoms with Gasteiger partial charge in [-0.15, -0.1) is 0 Å². The van der Waals surface area contributed by atoms with Gasteiger partial charge in [0.05, 0.1) is 0 Å². The molecule has 0 radical (unpaired) electrons. The zero-order valence-corrected chi connectivity index (χ0v) is 10.5.